The number of alkyl halides is 3. The van der Waals surface area contributed by atoms with Crippen LogP contribution in [-0.4, -0.2) is 40.2 Å². The molecule has 0 unspecified atom stereocenters. The van der Waals surface area contributed by atoms with E-state index < -0.39 is 29.6 Å². The fourth-order valence-electron chi connectivity index (χ4n) is 0.899. The van der Waals surface area contributed by atoms with E-state index in [0.29, 0.717) is 0 Å². The van der Waals surface area contributed by atoms with Crippen molar-refractivity contribution in [3.63, 3.8) is 0 Å². The van der Waals surface area contributed by atoms with Gasteiger partial charge in [-0.3, -0.25) is 9.69 Å². The molecule has 1 rings (SSSR count). The van der Waals surface area contributed by atoms with Gasteiger partial charge in [-0.05, 0) is 0 Å². The second-order valence-electron chi connectivity index (χ2n) is 2.93. The van der Waals surface area contributed by atoms with Crippen LogP contribution in [0.15, 0.2) is 12.4 Å². The lowest BCUT2D eigenvalue weighted by atomic mass is 10.4. The van der Waals surface area contributed by atoms with E-state index in [-0.39, 0.29) is 4.90 Å². The van der Waals surface area contributed by atoms with Crippen molar-refractivity contribution in [2.45, 2.75) is 6.18 Å². The van der Waals surface area contributed by atoms with Crippen LogP contribution < -0.4 is 4.90 Å². The van der Waals surface area contributed by atoms with Gasteiger partial charge in [0, 0.05) is 7.05 Å². The van der Waals surface area contributed by atoms with E-state index in [0.717, 1.165) is 19.4 Å². The number of anilines is 1. The number of carbonyl (C=O) groups is 2. The summed E-state index contributed by atoms with van der Waals surface area (Å²) in [6, 6.07) is 0. The van der Waals surface area contributed by atoms with Crippen molar-refractivity contribution < 1.29 is 27.9 Å². The Morgan fingerprint density at radius 2 is 1.88 bits per heavy atom. The lowest BCUT2D eigenvalue weighted by molar-refractivity contribution is -0.170. The average molecular weight is 249 g/mol. The van der Waals surface area contributed by atoms with Crippen molar-refractivity contribution in [3.8, 4) is 0 Å². The number of carboxylic acid groups (broad SMARTS) is 1. The van der Waals surface area contributed by atoms with Crippen LogP contribution in [0, 0.1) is 0 Å². The number of carboxylic acids is 1. The van der Waals surface area contributed by atoms with Crippen LogP contribution >= 0.6 is 0 Å². The van der Waals surface area contributed by atoms with Gasteiger partial charge >= 0.3 is 18.1 Å². The highest BCUT2D eigenvalue weighted by Crippen LogP contribution is 2.20. The minimum atomic E-state index is -5.03. The number of aromatic carboxylic acids is 1. The minimum Gasteiger partial charge on any atom is -0.476 e. The molecule has 0 radical (unpaired) electrons. The average Bonchev–Trinajstić information content (AvgIpc) is 2.26. The fourth-order valence-corrected chi connectivity index (χ4v) is 0.899. The van der Waals surface area contributed by atoms with E-state index in [4.69, 9.17) is 5.11 Å². The summed E-state index contributed by atoms with van der Waals surface area (Å²) >= 11 is 0. The highest BCUT2D eigenvalue weighted by atomic mass is 19.4. The molecule has 17 heavy (non-hydrogen) atoms. The maximum atomic E-state index is 12.1. The van der Waals surface area contributed by atoms with Gasteiger partial charge in [0.2, 0.25) is 0 Å². The van der Waals surface area contributed by atoms with E-state index in [1.165, 1.54) is 0 Å². The molecule has 0 saturated carbocycles. The van der Waals surface area contributed by atoms with Crippen LogP contribution in [0.5, 0.6) is 0 Å². The molecule has 1 heterocycles. The van der Waals surface area contributed by atoms with E-state index in [1.54, 1.807) is 0 Å². The van der Waals surface area contributed by atoms with E-state index in [2.05, 4.69) is 9.97 Å². The van der Waals surface area contributed by atoms with Gasteiger partial charge in [0.1, 0.15) is 0 Å². The number of hydrogen-bond acceptors (Lipinski definition) is 4. The zero-order valence-electron chi connectivity index (χ0n) is 8.39. The van der Waals surface area contributed by atoms with Crippen molar-refractivity contribution in [1.29, 1.82) is 0 Å². The largest absolute Gasteiger partial charge is 0.476 e. The Kier molecular flexibility index (Phi) is 3.30. The number of nitrogens with zero attached hydrogens (tertiary/aromatic N) is 3. The Balaban J connectivity index is 2.94. The molecule has 1 aromatic heterocycles. The zero-order valence-corrected chi connectivity index (χ0v) is 8.39. The Morgan fingerprint density at radius 1 is 1.29 bits per heavy atom. The summed E-state index contributed by atoms with van der Waals surface area (Å²) in [6.45, 7) is 0. The molecule has 0 aliphatic heterocycles. The molecule has 0 saturated heterocycles. The molecule has 0 spiro atoms. The summed E-state index contributed by atoms with van der Waals surface area (Å²) in [4.78, 5) is 28.2. The van der Waals surface area contributed by atoms with E-state index in [9.17, 15) is 22.8 Å². The second-order valence-corrected chi connectivity index (χ2v) is 2.93. The third-order valence-corrected chi connectivity index (χ3v) is 1.75. The minimum absolute atomic E-state index is 0.235. The van der Waals surface area contributed by atoms with Crippen molar-refractivity contribution in [2.75, 3.05) is 11.9 Å². The van der Waals surface area contributed by atoms with Crippen molar-refractivity contribution >= 4 is 17.7 Å². The van der Waals surface area contributed by atoms with Gasteiger partial charge in [-0.1, -0.05) is 0 Å². The monoisotopic (exact) mass is 249 g/mol. The van der Waals surface area contributed by atoms with Gasteiger partial charge in [0.05, 0.1) is 12.4 Å². The summed E-state index contributed by atoms with van der Waals surface area (Å²) in [7, 11) is 0.861. The number of carbonyl (C=O) groups excluding carboxylic acids is 1. The maximum Gasteiger partial charge on any atom is 0.471 e. The van der Waals surface area contributed by atoms with Crippen molar-refractivity contribution in [2.24, 2.45) is 0 Å². The van der Waals surface area contributed by atoms with Crippen LogP contribution in [-0.2, 0) is 4.79 Å². The van der Waals surface area contributed by atoms with Gasteiger partial charge in [0.25, 0.3) is 0 Å². The van der Waals surface area contributed by atoms with E-state index in [1.807, 2.05) is 0 Å². The van der Waals surface area contributed by atoms with Crippen LogP contribution in [0.1, 0.15) is 10.5 Å². The Labute approximate surface area is 92.7 Å². The molecule has 6 nitrogen and oxygen atoms in total. The van der Waals surface area contributed by atoms with Crippen LogP contribution in [0.4, 0.5) is 19.0 Å². The number of rotatable bonds is 2. The topological polar surface area (TPSA) is 83.4 Å². The van der Waals surface area contributed by atoms with Crippen molar-refractivity contribution in [3.05, 3.63) is 18.1 Å². The summed E-state index contributed by atoms with van der Waals surface area (Å²) in [5.74, 6) is -3.87. The first-order chi connectivity index (χ1) is 7.73. The fraction of sp³-hybridized carbons (Fsp3) is 0.250. The second kappa shape index (κ2) is 4.36. The van der Waals surface area contributed by atoms with E-state index >= 15 is 0 Å². The number of amides is 1. The molecule has 0 aliphatic rings. The molecule has 0 aromatic carbocycles. The molecule has 92 valence electrons. The molecule has 0 atom stereocenters. The first-order valence-electron chi connectivity index (χ1n) is 4.13. The standard InChI is InChI=1S/C8H6F3N3O3/c1-14(7(17)8(9,10)11)5-3-12-4(2-13-5)6(15)16/h2-3H,1H3,(H,15,16). The quantitative estimate of drug-likeness (QED) is 0.834. The molecular weight excluding hydrogens is 243 g/mol. The number of hydrogen-bond donors (Lipinski definition) is 1. The lowest BCUT2D eigenvalue weighted by Crippen LogP contribution is -2.39. The maximum absolute atomic E-state index is 12.1. The summed E-state index contributed by atoms with van der Waals surface area (Å²) < 4.78 is 36.2. The molecule has 1 N–H and O–H groups in total. The highest BCUT2D eigenvalue weighted by molar-refractivity contribution is 5.96. The first kappa shape index (κ1) is 12.9. The number of halogens is 3. The molecule has 0 aliphatic carbocycles. The SMILES string of the molecule is CN(C(=O)C(F)(F)F)c1cnc(C(=O)O)cn1. The predicted octanol–water partition coefficient (Wildman–Crippen LogP) is 0.700. The lowest BCUT2D eigenvalue weighted by Gasteiger charge is -2.16. The van der Waals surface area contributed by atoms with Crippen molar-refractivity contribution in [1.82, 2.24) is 9.97 Å². The molecule has 0 bridgehead atoms. The summed E-state index contributed by atoms with van der Waals surface area (Å²) in [5.41, 5.74) is -0.429. The molecule has 1 amide bonds. The Hall–Kier alpha value is -2.19. The van der Waals surface area contributed by atoms with Crippen LogP contribution in [0.2, 0.25) is 0 Å². The molecular formula is C8H6F3N3O3. The summed E-state index contributed by atoms with van der Waals surface area (Å²) in [6.07, 6.45) is -3.49. The van der Waals surface area contributed by atoms with Gasteiger partial charge in [0.15, 0.2) is 11.5 Å². The van der Waals surface area contributed by atoms with Crippen LogP contribution in [0.25, 0.3) is 0 Å². The molecule has 9 heteroatoms. The third-order valence-electron chi connectivity index (χ3n) is 1.75. The van der Waals surface area contributed by atoms with Gasteiger partial charge in [-0.25, -0.2) is 14.8 Å². The van der Waals surface area contributed by atoms with Gasteiger partial charge < -0.3 is 5.11 Å². The highest BCUT2D eigenvalue weighted by Gasteiger charge is 2.42. The Morgan fingerprint density at radius 3 is 2.24 bits per heavy atom. The van der Waals surface area contributed by atoms with Crippen LogP contribution in [0.3, 0.4) is 0 Å². The first-order valence-corrected chi connectivity index (χ1v) is 4.13. The van der Waals surface area contributed by atoms with Gasteiger partial charge in [-0.15, -0.1) is 0 Å². The predicted molar refractivity (Wildman–Crippen MR) is 48.5 cm³/mol. The summed E-state index contributed by atoms with van der Waals surface area (Å²) in [5, 5.41) is 8.49. The Bertz CT molecular complexity index is 444. The molecule has 0 fully saturated rings. The normalized spacial score (nSPS) is 11.1. The number of aromatic nitrogens is 2. The van der Waals surface area contributed by atoms with Gasteiger partial charge in [-0.2, -0.15) is 13.2 Å². The zero-order chi connectivity index (χ0) is 13.2. The third kappa shape index (κ3) is 2.89. The molecule has 1 aromatic rings. The smallest absolute Gasteiger partial charge is 0.471 e.